The van der Waals surface area contributed by atoms with E-state index in [9.17, 15) is 14.7 Å². The predicted octanol–water partition coefficient (Wildman–Crippen LogP) is 1.34. The highest BCUT2D eigenvalue weighted by Gasteiger charge is 2.40. The SMILES string of the molecule is CCC1CC1n1c(O)c(C(C)C)c(=O)[nH]c1=O. The Bertz CT molecular complexity index is 542. The first-order valence-corrected chi connectivity index (χ1v) is 6.05. The minimum Gasteiger partial charge on any atom is -0.494 e. The van der Waals surface area contributed by atoms with Crippen molar-refractivity contribution in [2.24, 2.45) is 5.92 Å². The molecule has 5 nitrogen and oxygen atoms in total. The molecule has 1 aliphatic carbocycles. The second-order valence-electron chi connectivity index (χ2n) is 4.99. The van der Waals surface area contributed by atoms with Crippen LogP contribution in [0.4, 0.5) is 0 Å². The van der Waals surface area contributed by atoms with Gasteiger partial charge in [0, 0.05) is 6.04 Å². The first-order valence-electron chi connectivity index (χ1n) is 6.05. The fourth-order valence-corrected chi connectivity index (χ4v) is 2.37. The van der Waals surface area contributed by atoms with E-state index < -0.39 is 11.2 Å². The van der Waals surface area contributed by atoms with Crippen LogP contribution < -0.4 is 11.2 Å². The highest BCUT2D eigenvalue weighted by Crippen LogP contribution is 2.46. The van der Waals surface area contributed by atoms with E-state index in [1.54, 1.807) is 0 Å². The van der Waals surface area contributed by atoms with Gasteiger partial charge in [0.05, 0.1) is 5.56 Å². The lowest BCUT2D eigenvalue weighted by atomic mass is 10.1. The van der Waals surface area contributed by atoms with Crippen LogP contribution in [0.25, 0.3) is 0 Å². The van der Waals surface area contributed by atoms with E-state index in [1.165, 1.54) is 4.57 Å². The third-order valence-electron chi connectivity index (χ3n) is 3.47. The molecule has 1 aromatic rings. The Kier molecular flexibility index (Phi) is 2.85. The average Bonchev–Trinajstić information content (AvgIpc) is 2.95. The second-order valence-corrected chi connectivity index (χ2v) is 4.99. The van der Waals surface area contributed by atoms with Gasteiger partial charge in [-0.2, -0.15) is 0 Å². The van der Waals surface area contributed by atoms with Crippen LogP contribution in [0, 0.1) is 5.92 Å². The minimum absolute atomic E-state index is 0.0434. The van der Waals surface area contributed by atoms with Gasteiger partial charge < -0.3 is 5.11 Å². The number of aromatic hydroxyl groups is 1. The number of nitrogens with one attached hydrogen (secondary N) is 1. The summed E-state index contributed by atoms with van der Waals surface area (Å²) < 4.78 is 1.34. The number of nitrogens with zero attached hydrogens (tertiary/aromatic N) is 1. The van der Waals surface area contributed by atoms with Crippen LogP contribution in [-0.2, 0) is 0 Å². The first-order chi connectivity index (χ1) is 7.97. The van der Waals surface area contributed by atoms with Gasteiger partial charge >= 0.3 is 5.69 Å². The summed E-state index contributed by atoms with van der Waals surface area (Å²) in [5, 5.41) is 10.1. The van der Waals surface area contributed by atoms with Gasteiger partial charge in [-0.3, -0.25) is 14.3 Å². The molecule has 2 unspecified atom stereocenters. The lowest BCUT2D eigenvalue weighted by Gasteiger charge is -2.12. The van der Waals surface area contributed by atoms with Gasteiger partial charge in [-0.1, -0.05) is 27.2 Å². The molecule has 2 rings (SSSR count). The van der Waals surface area contributed by atoms with Crippen LogP contribution in [0.1, 0.15) is 51.1 Å². The minimum atomic E-state index is -0.502. The van der Waals surface area contributed by atoms with Gasteiger partial charge in [-0.15, -0.1) is 0 Å². The van der Waals surface area contributed by atoms with Crippen molar-refractivity contribution in [2.75, 3.05) is 0 Å². The summed E-state index contributed by atoms with van der Waals surface area (Å²) in [5.41, 5.74) is -0.684. The van der Waals surface area contributed by atoms with Crippen LogP contribution in [0.3, 0.4) is 0 Å². The fraction of sp³-hybridized carbons (Fsp3) is 0.667. The van der Waals surface area contributed by atoms with Crippen LogP contribution in [0.5, 0.6) is 5.88 Å². The third kappa shape index (κ3) is 1.90. The molecule has 17 heavy (non-hydrogen) atoms. The van der Waals surface area contributed by atoms with Crippen molar-refractivity contribution >= 4 is 0 Å². The molecule has 1 saturated carbocycles. The van der Waals surface area contributed by atoms with Crippen molar-refractivity contribution in [1.82, 2.24) is 9.55 Å². The Labute approximate surface area is 99.1 Å². The maximum Gasteiger partial charge on any atom is 0.331 e. The summed E-state index contributed by atoms with van der Waals surface area (Å²) in [6.45, 7) is 5.70. The van der Waals surface area contributed by atoms with E-state index in [0.717, 1.165) is 12.8 Å². The van der Waals surface area contributed by atoms with E-state index in [-0.39, 0.29) is 17.8 Å². The van der Waals surface area contributed by atoms with Crippen molar-refractivity contribution in [3.63, 3.8) is 0 Å². The first kappa shape index (κ1) is 12.0. The van der Waals surface area contributed by atoms with Crippen LogP contribution >= 0.6 is 0 Å². The lowest BCUT2D eigenvalue weighted by molar-refractivity contribution is 0.385. The number of hydrogen-bond acceptors (Lipinski definition) is 3. The molecule has 1 aliphatic rings. The Hall–Kier alpha value is -1.52. The van der Waals surface area contributed by atoms with Crippen LogP contribution in [0.2, 0.25) is 0 Å². The summed E-state index contributed by atoms with van der Waals surface area (Å²) >= 11 is 0. The number of aromatic nitrogens is 2. The number of hydrogen-bond donors (Lipinski definition) is 2. The molecule has 94 valence electrons. The highest BCUT2D eigenvalue weighted by molar-refractivity contribution is 5.27. The number of rotatable bonds is 3. The largest absolute Gasteiger partial charge is 0.494 e. The Morgan fingerprint density at radius 1 is 1.47 bits per heavy atom. The summed E-state index contributed by atoms with van der Waals surface area (Å²) in [5.74, 6) is 0.170. The Morgan fingerprint density at radius 3 is 2.59 bits per heavy atom. The van der Waals surface area contributed by atoms with Crippen molar-refractivity contribution < 1.29 is 5.11 Å². The monoisotopic (exact) mass is 238 g/mol. The summed E-state index contributed by atoms with van der Waals surface area (Å²) in [6, 6.07) is 0.0434. The van der Waals surface area contributed by atoms with Gasteiger partial charge in [0.25, 0.3) is 5.56 Å². The molecular formula is C12H18N2O3. The zero-order valence-corrected chi connectivity index (χ0v) is 10.4. The zero-order chi connectivity index (χ0) is 12.7. The zero-order valence-electron chi connectivity index (χ0n) is 10.4. The molecule has 2 atom stereocenters. The molecule has 0 aliphatic heterocycles. The molecule has 2 N–H and O–H groups in total. The van der Waals surface area contributed by atoms with Gasteiger partial charge in [-0.05, 0) is 18.3 Å². The number of H-pyrrole nitrogens is 1. The van der Waals surface area contributed by atoms with Crippen molar-refractivity contribution in [2.45, 2.75) is 45.6 Å². The molecular weight excluding hydrogens is 220 g/mol. The van der Waals surface area contributed by atoms with Gasteiger partial charge in [-0.25, -0.2) is 4.79 Å². The van der Waals surface area contributed by atoms with Gasteiger partial charge in [0.1, 0.15) is 0 Å². The molecule has 1 fully saturated rings. The molecule has 0 amide bonds. The molecule has 0 spiro atoms. The molecule has 0 bridgehead atoms. The molecule has 0 aromatic carbocycles. The topological polar surface area (TPSA) is 75.1 Å². The van der Waals surface area contributed by atoms with Gasteiger partial charge in [0.15, 0.2) is 0 Å². The summed E-state index contributed by atoms with van der Waals surface area (Å²) in [4.78, 5) is 25.6. The molecule has 1 aromatic heterocycles. The molecule has 0 saturated heterocycles. The van der Waals surface area contributed by atoms with Crippen molar-refractivity contribution in [3.8, 4) is 5.88 Å². The molecule has 1 heterocycles. The second kappa shape index (κ2) is 4.05. The maximum absolute atomic E-state index is 11.7. The highest BCUT2D eigenvalue weighted by atomic mass is 16.3. The fourth-order valence-electron chi connectivity index (χ4n) is 2.37. The lowest BCUT2D eigenvalue weighted by Crippen LogP contribution is -2.32. The van der Waals surface area contributed by atoms with E-state index in [0.29, 0.717) is 11.5 Å². The summed E-state index contributed by atoms with van der Waals surface area (Å²) in [6.07, 6.45) is 1.88. The van der Waals surface area contributed by atoms with Crippen molar-refractivity contribution in [1.29, 1.82) is 0 Å². The molecule has 0 radical (unpaired) electrons. The number of aromatic amines is 1. The molecule has 5 heteroatoms. The standard InChI is InChI=1S/C12H18N2O3/c1-4-7-5-8(7)14-11(16)9(6(2)3)10(15)13-12(14)17/h6-8,16H,4-5H2,1-3H3,(H,13,15,17). The average molecular weight is 238 g/mol. The predicted molar refractivity (Wildman–Crippen MR) is 64.5 cm³/mol. The quantitative estimate of drug-likeness (QED) is 0.834. The third-order valence-corrected chi connectivity index (χ3v) is 3.47. The van der Waals surface area contributed by atoms with E-state index in [2.05, 4.69) is 11.9 Å². The van der Waals surface area contributed by atoms with Crippen molar-refractivity contribution in [3.05, 3.63) is 26.4 Å². The van der Waals surface area contributed by atoms with Crippen LogP contribution in [0.15, 0.2) is 9.59 Å². The van der Waals surface area contributed by atoms with Crippen LogP contribution in [-0.4, -0.2) is 14.7 Å². The van der Waals surface area contributed by atoms with E-state index in [1.807, 2.05) is 13.8 Å². The Morgan fingerprint density at radius 2 is 2.12 bits per heavy atom. The normalized spacial score (nSPS) is 23.1. The van der Waals surface area contributed by atoms with E-state index in [4.69, 9.17) is 0 Å². The summed E-state index contributed by atoms with van der Waals surface area (Å²) in [7, 11) is 0. The Balaban J connectivity index is 2.57. The smallest absolute Gasteiger partial charge is 0.331 e. The van der Waals surface area contributed by atoms with E-state index >= 15 is 0 Å². The maximum atomic E-state index is 11.7. The van der Waals surface area contributed by atoms with Gasteiger partial charge in [0.2, 0.25) is 5.88 Å².